The molecular formula is C21H26FN3O3S. The predicted octanol–water partition coefficient (Wildman–Crippen LogP) is 2.66. The van der Waals surface area contributed by atoms with Crippen LogP contribution in [0.25, 0.3) is 0 Å². The summed E-state index contributed by atoms with van der Waals surface area (Å²) >= 11 is 0. The average molecular weight is 420 g/mol. The minimum atomic E-state index is -3.64. The normalized spacial score (nSPS) is 15.1. The molecule has 2 aromatic rings. The van der Waals surface area contributed by atoms with Crippen LogP contribution in [0, 0.1) is 19.7 Å². The number of rotatable bonds is 4. The number of nitrogens with zero attached hydrogens (tertiary/aromatic N) is 3. The molecule has 1 heterocycles. The first-order valence-corrected chi connectivity index (χ1v) is 10.9. The van der Waals surface area contributed by atoms with Crippen LogP contribution in [0.4, 0.5) is 10.1 Å². The van der Waals surface area contributed by atoms with E-state index in [1.807, 2.05) is 6.92 Å². The first-order chi connectivity index (χ1) is 13.6. The molecule has 1 aliphatic rings. The van der Waals surface area contributed by atoms with Crippen molar-refractivity contribution in [1.29, 1.82) is 0 Å². The number of hydrogen-bond acceptors (Lipinski definition) is 4. The van der Waals surface area contributed by atoms with E-state index < -0.39 is 10.0 Å². The molecule has 8 heteroatoms. The second-order valence-electron chi connectivity index (χ2n) is 7.46. The lowest BCUT2D eigenvalue weighted by Crippen LogP contribution is -2.48. The van der Waals surface area contributed by atoms with Crippen LogP contribution >= 0.6 is 0 Å². The van der Waals surface area contributed by atoms with Crippen LogP contribution in [0.3, 0.4) is 0 Å². The maximum Gasteiger partial charge on any atom is 0.254 e. The second kappa shape index (κ2) is 8.12. The molecule has 1 saturated heterocycles. The van der Waals surface area contributed by atoms with Crippen molar-refractivity contribution in [2.45, 2.75) is 18.7 Å². The third kappa shape index (κ3) is 4.28. The van der Waals surface area contributed by atoms with E-state index in [1.165, 1.54) is 32.3 Å². The number of hydrogen-bond donors (Lipinski definition) is 0. The number of halogens is 1. The highest BCUT2D eigenvalue weighted by molar-refractivity contribution is 7.89. The number of anilines is 1. The zero-order chi connectivity index (χ0) is 21.3. The van der Waals surface area contributed by atoms with Gasteiger partial charge in [0.25, 0.3) is 5.91 Å². The molecule has 3 rings (SSSR count). The van der Waals surface area contributed by atoms with Crippen LogP contribution in [0.15, 0.2) is 41.3 Å². The summed E-state index contributed by atoms with van der Waals surface area (Å²) in [5, 5.41) is 0. The van der Waals surface area contributed by atoms with Gasteiger partial charge in [0.2, 0.25) is 10.0 Å². The van der Waals surface area contributed by atoms with Gasteiger partial charge in [0, 0.05) is 51.5 Å². The Kier molecular flexibility index (Phi) is 5.95. The summed E-state index contributed by atoms with van der Waals surface area (Å²) in [6, 6.07) is 9.54. The van der Waals surface area contributed by atoms with E-state index in [-0.39, 0.29) is 16.6 Å². The topological polar surface area (TPSA) is 60.9 Å². The van der Waals surface area contributed by atoms with Gasteiger partial charge in [0.1, 0.15) is 5.82 Å². The van der Waals surface area contributed by atoms with Gasteiger partial charge in [0.05, 0.1) is 4.90 Å². The number of carbonyl (C=O) groups is 1. The third-order valence-corrected chi connectivity index (χ3v) is 7.33. The van der Waals surface area contributed by atoms with E-state index in [1.54, 1.807) is 30.0 Å². The number of sulfonamides is 1. The standard InChI is InChI=1S/C21H26FN3O3S/c1-15-13-17(14-20(16(15)2)29(27,28)23(3)4)21(26)25-11-9-24(10-12-25)19-7-5-18(22)6-8-19/h5-8,13-14H,9-12H2,1-4H3. The monoisotopic (exact) mass is 419 g/mol. The Morgan fingerprint density at radius 3 is 2.14 bits per heavy atom. The predicted molar refractivity (Wildman–Crippen MR) is 111 cm³/mol. The highest BCUT2D eigenvalue weighted by atomic mass is 32.2. The van der Waals surface area contributed by atoms with Crippen molar-refractivity contribution >= 4 is 21.6 Å². The van der Waals surface area contributed by atoms with Crippen molar-refractivity contribution in [3.05, 3.63) is 58.9 Å². The fraction of sp³-hybridized carbons (Fsp3) is 0.381. The molecule has 0 aromatic heterocycles. The molecule has 1 aliphatic heterocycles. The van der Waals surface area contributed by atoms with Gasteiger partial charge in [-0.2, -0.15) is 0 Å². The minimum absolute atomic E-state index is 0.163. The number of carbonyl (C=O) groups excluding carboxylic acids is 1. The largest absolute Gasteiger partial charge is 0.368 e. The lowest BCUT2D eigenvalue weighted by Gasteiger charge is -2.36. The molecule has 6 nitrogen and oxygen atoms in total. The molecule has 0 saturated carbocycles. The maximum absolute atomic E-state index is 13.1. The second-order valence-corrected chi connectivity index (χ2v) is 9.58. The summed E-state index contributed by atoms with van der Waals surface area (Å²) < 4.78 is 39.6. The molecule has 0 N–H and O–H groups in total. The Bertz CT molecular complexity index is 1010. The van der Waals surface area contributed by atoms with Gasteiger partial charge in [-0.15, -0.1) is 0 Å². The summed E-state index contributed by atoms with van der Waals surface area (Å²) in [7, 11) is -0.683. The molecule has 156 valence electrons. The summed E-state index contributed by atoms with van der Waals surface area (Å²) in [5.74, 6) is -0.456. The van der Waals surface area contributed by atoms with Gasteiger partial charge in [-0.1, -0.05) is 0 Å². The SMILES string of the molecule is Cc1cc(C(=O)N2CCN(c3ccc(F)cc3)CC2)cc(S(=O)(=O)N(C)C)c1C. The van der Waals surface area contributed by atoms with E-state index >= 15 is 0 Å². The summed E-state index contributed by atoms with van der Waals surface area (Å²) in [4.78, 5) is 17.0. The highest BCUT2D eigenvalue weighted by Gasteiger charge is 2.26. The number of piperazine rings is 1. The first-order valence-electron chi connectivity index (χ1n) is 9.45. The lowest BCUT2D eigenvalue weighted by molar-refractivity contribution is 0.0746. The maximum atomic E-state index is 13.1. The van der Waals surface area contributed by atoms with E-state index in [9.17, 15) is 17.6 Å². The summed E-state index contributed by atoms with van der Waals surface area (Å²) in [6.45, 7) is 5.85. The van der Waals surface area contributed by atoms with Gasteiger partial charge in [-0.3, -0.25) is 4.79 Å². The van der Waals surface area contributed by atoms with Gasteiger partial charge in [0.15, 0.2) is 0 Å². The molecule has 0 unspecified atom stereocenters. The van der Waals surface area contributed by atoms with E-state index in [2.05, 4.69) is 4.90 Å². The zero-order valence-corrected chi connectivity index (χ0v) is 18.0. The van der Waals surface area contributed by atoms with Crippen molar-refractivity contribution in [2.24, 2.45) is 0 Å². The zero-order valence-electron chi connectivity index (χ0n) is 17.1. The van der Waals surface area contributed by atoms with Crippen molar-refractivity contribution in [2.75, 3.05) is 45.2 Å². The molecule has 1 amide bonds. The Labute approximate surface area is 171 Å². The first kappa shape index (κ1) is 21.3. The smallest absolute Gasteiger partial charge is 0.254 e. The molecule has 0 radical (unpaired) electrons. The fourth-order valence-corrected chi connectivity index (χ4v) is 4.63. The van der Waals surface area contributed by atoms with Gasteiger partial charge in [-0.25, -0.2) is 17.1 Å². The Balaban J connectivity index is 1.79. The minimum Gasteiger partial charge on any atom is -0.368 e. The van der Waals surface area contributed by atoms with Crippen LogP contribution in [0.2, 0.25) is 0 Å². The van der Waals surface area contributed by atoms with Crippen molar-refractivity contribution in [3.63, 3.8) is 0 Å². The lowest BCUT2D eigenvalue weighted by atomic mass is 10.0. The number of aryl methyl sites for hydroxylation is 1. The molecule has 1 fully saturated rings. The van der Waals surface area contributed by atoms with E-state index in [0.717, 1.165) is 15.6 Å². The highest BCUT2D eigenvalue weighted by Crippen LogP contribution is 2.25. The van der Waals surface area contributed by atoms with E-state index in [4.69, 9.17) is 0 Å². The molecule has 29 heavy (non-hydrogen) atoms. The van der Waals surface area contributed by atoms with Gasteiger partial charge in [-0.05, 0) is 61.4 Å². The Morgan fingerprint density at radius 2 is 1.59 bits per heavy atom. The van der Waals surface area contributed by atoms with Crippen molar-refractivity contribution in [3.8, 4) is 0 Å². The van der Waals surface area contributed by atoms with Crippen molar-refractivity contribution < 1.29 is 17.6 Å². The Hall–Kier alpha value is -2.45. The average Bonchev–Trinajstić information content (AvgIpc) is 2.70. The summed E-state index contributed by atoms with van der Waals surface area (Å²) in [5.41, 5.74) is 2.71. The van der Waals surface area contributed by atoms with E-state index in [0.29, 0.717) is 37.3 Å². The van der Waals surface area contributed by atoms with Crippen LogP contribution in [-0.2, 0) is 10.0 Å². The molecule has 0 spiro atoms. The third-order valence-electron chi connectivity index (χ3n) is 5.38. The fourth-order valence-electron chi connectivity index (χ4n) is 3.42. The van der Waals surface area contributed by atoms with Crippen LogP contribution in [-0.4, -0.2) is 63.8 Å². The molecule has 0 atom stereocenters. The number of benzene rings is 2. The molecule has 0 bridgehead atoms. The van der Waals surface area contributed by atoms with Crippen molar-refractivity contribution in [1.82, 2.24) is 9.21 Å². The molecule has 0 aliphatic carbocycles. The van der Waals surface area contributed by atoms with Gasteiger partial charge >= 0.3 is 0 Å². The Morgan fingerprint density at radius 1 is 1.00 bits per heavy atom. The number of amides is 1. The summed E-state index contributed by atoms with van der Waals surface area (Å²) in [6.07, 6.45) is 0. The molecular weight excluding hydrogens is 393 g/mol. The quantitative estimate of drug-likeness (QED) is 0.765. The van der Waals surface area contributed by atoms with Crippen LogP contribution in [0.5, 0.6) is 0 Å². The van der Waals surface area contributed by atoms with Crippen LogP contribution < -0.4 is 4.90 Å². The molecule has 2 aromatic carbocycles. The van der Waals surface area contributed by atoms with Gasteiger partial charge < -0.3 is 9.80 Å². The van der Waals surface area contributed by atoms with Crippen LogP contribution in [0.1, 0.15) is 21.5 Å².